The van der Waals surface area contributed by atoms with E-state index in [4.69, 9.17) is 24.9 Å². The zero-order valence-corrected chi connectivity index (χ0v) is 22.2. The van der Waals surface area contributed by atoms with Crippen molar-refractivity contribution in [2.24, 2.45) is 5.73 Å². The number of aromatic nitrogens is 1. The monoisotopic (exact) mass is 493 g/mol. The maximum atomic E-state index is 6.31. The summed E-state index contributed by atoms with van der Waals surface area (Å²) < 4.78 is 17.8. The Bertz CT molecular complexity index is 1040. The van der Waals surface area contributed by atoms with Crippen LogP contribution in [0.15, 0.2) is 48.7 Å². The van der Waals surface area contributed by atoms with Crippen molar-refractivity contribution in [3.63, 3.8) is 0 Å². The Balaban J connectivity index is 1.48. The van der Waals surface area contributed by atoms with Crippen molar-refractivity contribution < 1.29 is 14.2 Å². The number of nitrogens with two attached hydrogens (primary N) is 1. The van der Waals surface area contributed by atoms with Crippen LogP contribution in [0.4, 0.5) is 5.69 Å². The molecule has 1 aromatic heterocycles. The minimum Gasteiger partial charge on any atom is -0.494 e. The second-order valence-electron chi connectivity index (χ2n) is 9.41. The highest BCUT2D eigenvalue weighted by atomic mass is 16.5. The molecular weight excluding hydrogens is 450 g/mol. The van der Waals surface area contributed by atoms with Crippen molar-refractivity contribution in [2.45, 2.75) is 71.3 Å². The number of anilines is 1. The van der Waals surface area contributed by atoms with Gasteiger partial charge in [0, 0.05) is 18.3 Å². The van der Waals surface area contributed by atoms with Crippen molar-refractivity contribution in [1.82, 2.24) is 4.98 Å². The minimum atomic E-state index is 0.292. The number of aryl methyl sites for hydroxylation is 1. The van der Waals surface area contributed by atoms with Crippen LogP contribution in [-0.4, -0.2) is 37.9 Å². The third kappa shape index (κ3) is 8.30. The molecule has 0 radical (unpaired) electrons. The van der Waals surface area contributed by atoms with Gasteiger partial charge in [0.2, 0.25) is 0 Å². The molecule has 3 aromatic rings. The Hall–Kier alpha value is -2.99. The average Bonchev–Trinajstić information content (AvgIpc) is 2.90. The molecule has 1 atom stereocenters. The first-order valence-corrected chi connectivity index (χ1v) is 13.4. The second kappa shape index (κ2) is 15.2. The average molecular weight is 494 g/mol. The first-order chi connectivity index (χ1) is 17.6. The maximum Gasteiger partial charge on any atom is 0.170 e. The Kier molecular flexibility index (Phi) is 11.6. The molecule has 0 spiro atoms. The molecule has 2 aromatic carbocycles. The molecule has 0 aliphatic rings. The lowest BCUT2D eigenvalue weighted by Gasteiger charge is -2.20. The van der Waals surface area contributed by atoms with Gasteiger partial charge in [0.15, 0.2) is 11.5 Å². The van der Waals surface area contributed by atoms with Crippen LogP contribution in [0.5, 0.6) is 17.2 Å². The molecule has 0 bridgehead atoms. The van der Waals surface area contributed by atoms with Crippen molar-refractivity contribution in [3.05, 3.63) is 54.2 Å². The van der Waals surface area contributed by atoms with E-state index < -0.39 is 0 Å². The zero-order valence-electron chi connectivity index (χ0n) is 22.2. The fourth-order valence-corrected chi connectivity index (χ4v) is 4.40. The van der Waals surface area contributed by atoms with E-state index in [1.54, 1.807) is 7.11 Å². The van der Waals surface area contributed by atoms with Gasteiger partial charge in [-0.15, -0.1) is 0 Å². The molecular formula is C30H43N3O3. The van der Waals surface area contributed by atoms with E-state index in [0.29, 0.717) is 19.2 Å². The number of rotatable bonds is 17. The number of hydrogen-bond acceptors (Lipinski definition) is 6. The zero-order chi connectivity index (χ0) is 25.6. The van der Waals surface area contributed by atoms with Crippen molar-refractivity contribution in [1.29, 1.82) is 0 Å². The maximum absolute atomic E-state index is 6.31. The van der Waals surface area contributed by atoms with Crippen molar-refractivity contribution >= 4 is 16.6 Å². The topological polar surface area (TPSA) is 78.6 Å². The summed E-state index contributed by atoms with van der Waals surface area (Å²) in [5.74, 6) is 2.48. The largest absolute Gasteiger partial charge is 0.494 e. The predicted molar refractivity (Wildman–Crippen MR) is 150 cm³/mol. The predicted octanol–water partition coefficient (Wildman–Crippen LogP) is 6.89. The second-order valence-corrected chi connectivity index (χ2v) is 9.41. The number of benzene rings is 2. The van der Waals surface area contributed by atoms with Gasteiger partial charge >= 0.3 is 0 Å². The van der Waals surface area contributed by atoms with Gasteiger partial charge < -0.3 is 25.3 Å². The lowest BCUT2D eigenvalue weighted by Crippen LogP contribution is -2.17. The van der Waals surface area contributed by atoms with Gasteiger partial charge in [-0.05, 0) is 69.8 Å². The molecule has 6 nitrogen and oxygen atoms in total. The van der Waals surface area contributed by atoms with Gasteiger partial charge in [-0.3, -0.25) is 4.98 Å². The first-order valence-electron chi connectivity index (χ1n) is 13.4. The highest BCUT2D eigenvalue weighted by molar-refractivity contribution is 5.99. The van der Waals surface area contributed by atoms with E-state index in [0.717, 1.165) is 78.1 Å². The Labute approximate surface area is 216 Å². The SMILES string of the molecule is COc1cc(NC(C)CCCN)c2nccc(C)c2c1OCCCCCCCCOc1ccccc1. The van der Waals surface area contributed by atoms with E-state index in [2.05, 4.69) is 19.2 Å². The first kappa shape index (κ1) is 27.6. The molecule has 196 valence electrons. The molecule has 36 heavy (non-hydrogen) atoms. The summed E-state index contributed by atoms with van der Waals surface area (Å²) in [6.45, 7) is 6.41. The van der Waals surface area contributed by atoms with E-state index in [1.165, 1.54) is 19.3 Å². The number of ether oxygens (including phenoxy) is 3. The van der Waals surface area contributed by atoms with Gasteiger partial charge in [-0.25, -0.2) is 0 Å². The molecule has 1 unspecified atom stereocenters. The molecule has 0 fully saturated rings. The van der Waals surface area contributed by atoms with Gasteiger partial charge in [0.05, 0.1) is 36.9 Å². The smallest absolute Gasteiger partial charge is 0.170 e. The summed E-state index contributed by atoms with van der Waals surface area (Å²) >= 11 is 0. The summed E-state index contributed by atoms with van der Waals surface area (Å²) in [7, 11) is 1.70. The van der Waals surface area contributed by atoms with Crippen LogP contribution in [0, 0.1) is 6.92 Å². The van der Waals surface area contributed by atoms with Crippen LogP contribution >= 0.6 is 0 Å². The molecule has 3 N–H and O–H groups in total. The lowest BCUT2D eigenvalue weighted by atomic mass is 10.1. The Morgan fingerprint density at radius 3 is 2.31 bits per heavy atom. The van der Waals surface area contributed by atoms with Gasteiger partial charge in [0.25, 0.3) is 0 Å². The summed E-state index contributed by atoms with van der Waals surface area (Å²) in [5.41, 5.74) is 8.71. The molecule has 1 heterocycles. The molecule has 0 saturated heterocycles. The number of hydrogen-bond donors (Lipinski definition) is 2. The van der Waals surface area contributed by atoms with Crippen LogP contribution in [0.3, 0.4) is 0 Å². The van der Waals surface area contributed by atoms with Crippen LogP contribution < -0.4 is 25.3 Å². The van der Waals surface area contributed by atoms with Crippen LogP contribution in [-0.2, 0) is 0 Å². The number of nitrogens with zero attached hydrogens (tertiary/aromatic N) is 1. The molecule has 0 saturated carbocycles. The molecule has 6 heteroatoms. The number of pyridine rings is 1. The molecule has 0 aliphatic carbocycles. The third-order valence-electron chi connectivity index (χ3n) is 6.40. The summed E-state index contributed by atoms with van der Waals surface area (Å²) in [5, 5.41) is 4.62. The van der Waals surface area contributed by atoms with Gasteiger partial charge in [-0.1, -0.05) is 43.9 Å². The number of unbranched alkanes of at least 4 members (excludes halogenated alkanes) is 5. The quantitative estimate of drug-likeness (QED) is 0.199. The highest BCUT2D eigenvalue weighted by Gasteiger charge is 2.18. The van der Waals surface area contributed by atoms with E-state index >= 15 is 0 Å². The summed E-state index contributed by atoms with van der Waals surface area (Å²) in [4.78, 5) is 4.69. The highest BCUT2D eigenvalue weighted by Crippen LogP contribution is 2.41. The van der Waals surface area contributed by atoms with Crippen LogP contribution in [0.1, 0.15) is 63.9 Å². The molecule has 0 amide bonds. The Morgan fingerprint density at radius 2 is 1.61 bits per heavy atom. The van der Waals surface area contributed by atoms with Crippen molar-refractivity contribution in [2.75, 3.05) is 32.2 Å². The lowest BCUT2D eigenvalue weighted by molar-refractivity contribution is 0.286. The number of nitrogens with one attached hydrogen (secondary N) is 1. The van der Waals surface area contributed by atoms with Gasteiger partial charge in [0.1, 0.15) is 5.75 Å². The third-order valence-corrected chi connectivity index (χ3v) is 6.40. The van der Waals surface area contributed by atoms with E-state index in [1.807, 2.05) is 48.7 Å². The fourth-order valence-electron chi connectivity index (χ4n) is 4.40. The van der Waals surface area contributed by atoms with Crippen molar-refractivity contribution in [3.8, 4) is 17.2 Å². The van der Waals surface area contributed by atoms with Gasteiger partial charge in [-0.2, -0.15) is 0 Å². The van der Waals surface area contributed by atoms with E-state index in [-0.39, 0.29) is 0 Å². The molecule has 3 rings (SSSR count). The number of methoxy groups -OCH3 is 1. The minimum absolute atomic E-state index is 0.292. The Morgan fingerprint density at radius 1 is 0.917 bits per heavy atom. The fraction of sp³-hybridized carbons (Fsp3) is 0.500. The van der Waals surface area contributed by atoms with Crippen LogP contribution in [0.25, 0.3) is 10.9 Å². The molecule has 0 aliphatic heterocycles. The van der Waals surface area contributed by atoms with Crippen LogP contribution in [0.2, 0.25) is 0 Å². The summed E-state index contributed by atoms with van der Waals surface area (Å²) in [6.07, 6.45) is 10.7. The summed E-state index contributed by atoms with van der Waals surface area (Å²) in [6, 6.07) is 14.4. The van der Waals surface area contributed by atoms with E-state index in [9.17, 15) is 0 Å². The normalized spacial score (nSPS) is 11.9. The number of para-hydroxylation sites is 1. The standard InChI is InChI=1S/C30H43N3O3/c1-23-17-19-32-29-26(33-24(2)14-13-18-31)22-27(34-3)30(28(23)29)36-21-12-7-5-4-6-11-20-35-25-15-9-8-10-16-25/h8-10,15-17,19,22,24,33H,4-7,11-14,18,20-21,31H2,1-3H3. The number of fused-ring (bicyclic) bond motifs is 1.